The molecule has 0 radical (unpaired) electrons. The topological polar surface area (TPSA) is 76.1 Å². The number of carbonyl (C=O) groups is 1. The highest BCUT2D eigenvalue weighted by Crippen LogP contribution is 2.37. The van der Waals surface area contributed by atoms with Crippen molar-refractivity contribution in [1.29, 1.82) is 0 Å². The molecule has 1 heterocycles. The molecule has 1 aliphatic carbocycles. The molecular formula is C18H19F3N2O3S2. The van der Waals surface area contributed by atoms with Crippen molar-refractivity contribution in [1.82, 2.24) is 4.98 Å². The van der Waals surface area contributed by atoms with Crippen LogP contribution in [0.2, 0.25) is 0 Å². The van der Waals surface area contributed by atoms with E-state index in [4.69, 9.17) is 0 Å². The number of nitrogens with zero attached hydrogens (tertiary/aromatic N) is 1. The van der Waals surface area contributed by atoms with Crippen LogP contribution in [0, 0.1) is 0 Å². The standard InChI is InChI=1S/C18H19F3N2O3S2/c1-28(25,26)17(7-2-3-8-17)11-23-16-22-10-14(27-16)15(24)12-5-4-6-13(9-12)18(19,20)21/h4-6,9-10H,2-3,7-8,11H2,1H3,(H,22,23). The molecule has 10 heteroatoms. The lowest BCUT2D eigenvalue weighted by Gasteiger charge is -2.26. The maximum atomic E-state index is 12.8. The second-order valence-corrected chi connectivity index (χ2v) is 10.4. The van der Waals surface area contributed by atoms with E-state index in [0.29, 0.717) is 18.0 Å². The van der Waals surface area contributed by atoms with Crippen LogP contribution >= 0.6 is 11.3 Å². The molecule has 0 amide bonds. The number of hydrogen-bond donors (Lipinski definition) is 1. The third-order valence-corrected chi connectivity index (χ3v) is 8.12. The maximum Gasteiger partial charge on any atom is 0.416 e. The van der Waals surface area contributed by atoms with E-state index >= 15 is 0 Å². The predicted octanol–water partition coefficient (Wildman–Crippen LogP) is 4.16. The van der Waals surface area contributed by atoms with Crippen LogP contribution in [0.4, 0.5) is 18.3 Å². The van der Waals surface area contributed by atoms with Crippen LogP contribution < -0.4 is 5.32 Å². The lowest BCUT2D eigenvalue weighted by Crippen LogP contribution is -2.41. The van der Waals surface area contributed by atoms with E-state index < -0.39 is 32.1 Å². The minimum absolute atomic E-state index is 0.0755. The van der Waals surface area contributed by atoms with Crippen LogP contribution in [0.1, 0.15) is 46.5 Å². The fraction of sp³-hybridized carbons (Fsp3) is 0.444. The number of thiazole rings is 1. The van der Waals surface area contributed by atoms with Gasteiger partial charge in [-0.25, -0.2) is 13.4 Å². The van der Waals surface area contributed by atoms with Crippen molar-refractivity contribution >= 4 is 32.1 Å². The zero-order chi connectivity index (χ0) is 20.6. The Hall–Kier alpha value is -1.94. The zero-order valence-corrected chi connectivity index (χ0v) is 16.7. The minimum Gasteiger partial charge on any atom is -0.360 e. The molecule has 152 valence electrons. The molecule has 0 unspecified atom stereocenters. The lowest BCUT2D eigenvalue weighted by molar-refractivity contribution is -0.137. The van der Waals surface area contributed by atoms with Crippen LogP contribution in [-0.4, -0.2) is 36.7 Å². The number of sulfone groups is 1. The summed E-state index contributed by atoms with van der Waals surface area (Å²) < 4.78 is 62.0. The number of carbonyl (C=O) groups excluding carboxylic acids is 1. The van der Waals surface area contributed by atoms with E-state index in [-0.39, 0.29) is 17.0 Å². The second-order valence-electron chi connectivity index (χ2n) is 6.95. The molecule has 0 spiro atoms. The molecular weight excluding hydrogens is 413 g/mol. The first-order chi connectivity index (χ1) is 13.0. The molecule has 1 aliphatic rings. The average molecular weight is 432 g/mol. The average Bonchev–Trinajstić information content (AvgIpc) is 3.28. The summed E-state index contributed by atoms with van der Waals surface area (Å²) in [6, 6.07) is 4.22. The number of anilines is 1. The van der Waals surface area contributed by atoms with Gasteiger partial charge in [-0.3, -0.25) is 4.79 Å². The molecule has 0 bridgehead atoms. The molecule has 1 saturated carbocycles. The van der Waals surface area contributed by atoms with Crippen LogP contribution in [0.5, 0.6) is 0 Å². The van der Waals surface area contributed by atoms with Crippen LogP contribution in [-0.2, 0) is 16.0 Å². The predicted molar refractivity (Wildman–Crippen MR) is 102 cm³/mol. The van der Waals surface area contributed by atoms with Gasteiger partial charge in [0.25, 0.3) is 0 Å². The van der Waals surface area contributed by atoms with Gasteiger partial charge in [0.1, 0.15) is 0 Å². The number of aromatic nitrogens is 1. The first kappa shape index (κ1) is 20.8. The van der Waals surface area contributed by atoms with Gasteiger partial charge in [0.2, 0.25) is 5.78 Å². The van der Waals surface area contributed by atoms with Crippen molar-refractivity contribution in [2.75, 3.05) is 18.1 Å². The highest BCUT2D eigenvalue weighted by Gasteiger charge is 2.43. The number of halogens is 3. The van der Waals surface area contributed by atoms with Crippen LogP contribution in [0.3, 0.4) is 0 Å². The summed E-state index contributed by atoms with van der Waals surface area (Å²) >= 11 is 0.994. The smallest absolute Gasteiger partial charge is 0.360 e. The van der Waals surface area contributed by atoms with Gasteiger partial charge in [-0.15, -0.1) is 0 Å². The highest BCUT2D eigenvalue weighted by molar-refractivity contribution is 7.92. The Morgan fingerprint density at radius 3 is 2.57 bits per heavy atom. The molecule has 1 fully saturated rings. The van der Waals surface area contributed by atoms with E-state index in [1.54, 1.807) is 0 Å². The van der Waals surface area contributed by atoms with Gasteiger partial charge >= 0.3 is 6.18 Å². The molecule has 0 aliphatic heterocycles. The normalized spacial score (nSPS) is 16.9. The summed E-state index contributed by atoms with van der Waals surface area (Å²) in [6.07, 6.45) is 0.804. The third-order valence-electron chi connectivity index (χ3n) is 5.04. The van der Waals surface area contributed by atoms with E-state index in [1.165, 1.54) is 24.6 Å². The second kappa shape index (κ2) is 7.47. The number of nitrogens with one attached hydrogen (secondary N) is 1. The molecule has 1 aromatic carbocycles. The maximum absolute atomic E-state index is 12.8. The van der Waals surface area contributed by atoms with Crippen molar-refractivity contribution < 1.29 is 26.4 Å². The molecule has 28 heavy (non-hydrogen) atoms. The summed E-state index contributed by atoms with van der Waals surface area (Å²) in [5, 5.41) is 3.36. The number of hydrogen-bond acceptors (Lipinski definition) is 6. The molecule has 2 aromatic rings. The summed E-state index contributed by atoms with van der Waals surface area (Å²) in [4.78, 5) is 16.8. The number of rotatable bonds is 6. The molecule has 3 rings (SSSR count). The van der Waals surface area contributed by atoms with Gasteiger partial charge in [0.05, 0.1) is 21.4 Å². The van der Waals surface area contributed by atoms with Gasteiger partial charge in [-0.05, 0) is 25.0 Å². The summed E-state index contributed by atoms with van der Waals surface area (Å²) in [5.41, 5.74) is -0.967. The van der Waals surface area contributed by atoms with Crippen LogP contribution in [0.15, 0.2) is 30.5 Å². The Labute approximate surface area is 164 Å². The first-order valence-corrected chi connectivity index (χ1v) is 11.3. The number of alkyl halides is 3. The lowest BCUT2D eigenvalue weighted by atomic mass is 10.1. The SMILES string of the molecule is CS(=O)(=O)C1(CNc2ncc(C(=O)c3cccc(C(F)(F)F)c3)s2)CCCC1. The molecule has 1 aromatic heterocycles. The van der Waals surface area contributed by atoms with Crippen molar-refractivity contribution in [3.63, 3.8) is 0 Å². The summed E-state index contributed by atoms with van der Waals surface area (Å²) in [5.74, 6) is -0.560. The fourth-order valence-corrected chi connectivity index (χ4v) is 5.51. The van der Waals surface area contributed by atoms with Crippen molar-refractivity contribution in [2.45, 2.75) is 36.6 Å². The Morgan fingerprint density at radius 2 is 1.96 bits per heavy atom. The van der Waals surface area contributed by atoms with Gasteiger partial charge < -0.3 is 5.32 Å². The third kappa shape index (κ3) is 4.22. The first-order valence-electron chi connectivity index (χ1n) is 8.63. The van der Waals surface area contributed by atoms with Gasteiger partial charge in [0.15, 0.2) is 15.0 Å². The fourth-order valence-electron chi connectivity index (χ4n) is 3.37. The van der Waals surface area contributed by atoms with Crippen molar-refractivity contribution in [3.8, 4) is 0 Å². The molecule has 0 atom stereocenters. The molecule has 1 N–H and O–H groups in total. The van der Waals surface area contributed by atoms with E-state index in [1.807, 2.05) is 0 Å². The highest BCUT2D eigenvalue weighted by atomic mass is 32.2. The quantitative estimate of drug-likeness (QED) is 0.694. The van der Waals surface area contributed by atoms with Crippen LogP contribution in [0.25, 0.3) is 0 Å². The summed E-state index contributed by atoms with van der Waals surface area (Å²) in [7, 11) is -3.26. The molecule has 5 nitrogen and oxygen atoms in total. The number of benzene rings is 1. The molecule has 0 saturated heterocycles. The van der Waals surface area contributed by atoms with Crippen molar-refractivity contribution in [2.24, 2.45) is 0 Å². The Bertz CT molecular complexity index is 978. The Balaban J connectivity index is 1.75. The Morgan fingerprint density at radius 1 is 1.29 bits per heavy atom. The number of ketones is 1. The summed E-state index contributed by atoms with van der Waals surface area (Å²) in [6.45, 7) is 0.191. The van der Waals surface area contributed by atoms with E-state index in [2.05, 4.69) is 10.3 Å². The Kier molecular flexibility index (Phi) is 5.55. The monoisotopic (exact) mass is 432 g/mol. The van der Waals surface area contributed by atoms with E-state index in [9.17, 15) is 26.4 Å². The minimum atomic E-state index is -4.53. The van der Waals surface area contributed by atoms with Gasteiger partial charge in [-0.1, -0.05) is 36.3 Å². The van der Waals surface area contributed by atoms with E-state index in [0.717, 1.165) is 36.3 Å². The van der Waals surface area contributed by atoms with Gasteiger partial charge in [-0.2, -0.15) is 13.2 Å². The van der Waals surface area contributed by atoms with Gasteiger partial charge in [0, 0.05) is 18.4 Å². The largest absolute Gasteiger partial charge is 0.416 e. The zero-order valence-electron chi connectivity index (χ0n) is 15.0. The van der Waals surface area contributed by atoms with Crippen molar-refractivity contribution in [3.05, 3.63) is 46.5 Å².